The van der Waals surface area contributed by atoms with Gasteiger partial charge < -0.3 is 9.97 Å². The first-order chi connectivity index (χ1) is 8.86. The fourth-order valence-corrected chi connectivity index (χ4v) is 1.77. The number of nitrogens with zero attached hydrogens (tertiary/aromatic N) is 3. The van der Waals surface area contributed by atoms with E-state index < -0.39 is 0 Å². The molecule has 88 valence electrons. The van der Waals surface area contributed by atoms with Gasteiger partial charge in [0.25, 0.3) is 5.56 Å². The minimum absolute atomic E-state index is 0.218. The lowest BCUT2D eigenvalue weighted by Gasteiger charge is -2.04. The molecule has 6 nitrogen and oxygen atoms in total. The second-order valence-electron chi connectivity index (χ2n) is 3.62. The Morgan fingerprint density at radius 1 is 1.00 bits per heavy atom. The minimum atomic E-state index is -0.218. The summed E-state index contributed by atoms with van der Waals surface area (Å²) in [4.78, 5) is 29.9. The number of nitrogens with one attached hydrogen (secondary N) is 2. The van der Waals surface area contributed by atoms with Crippen molar-refractivity contribution in [2.75, 3.05) is 0 Å². The SMILES string of the molecule is O=c1[nH]ccc(-c2ncc[nH]2)c1-c1cnccn1. The van der Waals surface area contributed by atoms with Gasteiger partial charge in [-0.15, -0.1) is 0 Å². The van der Waals surface area contributed by atoms with Crippen molar-refractivity contribution >= 4 is 0 Å². The highest BCUT2D eigenvalue weighted by Crippen LogP contribution is 2.23. The third-order valence-corrected chi connectivity index (χ3v) is 2.53. The maximum Gasteiger partial charge on any atom is 0.258 e. The fourth-order valence-electron chi connectivity index (χ4n) is 1.77. The van der Waals surface area contributed by atoms with Crippen LogP contribution in [0, 0.1) is 0 Å². The van der Waals surface area contributed by atoms with Crippen LogP contribution in [0.2, 0.25) is 0 Å². The van der Waals surface area contributed by atoms with Crippen LogP contribution in [0.25, 0.3) is 22.6 Å². The molecule has 0 aliphatic heterocycles. The molecular weight excluding hydrogens is 230 g/mol. The first-order valence-corrected chi connectivity index (χ1v) is 5.34. The molecule has 0 spiro atoms. The predicted molar refractivity (Wildman–Crippen MR) is 65.7 cm³/mol. The molecule has 0 aliphatic carbocycles. The van der Waals surface area contributed by atoms with Crippen molar-refractivity contribution in [2.24, 2.45) is 0 Å². The minimum Gasteiger partial charge on any atom is -0.345 e. The molecule has 3 rings (SSSR count). The van der Waals surface area contributed by atoms with Crippen LogP contribution in [-0.4, -0.2) is 24.9 Å². The van der Waals surface area contributed by atoms with Gasteiger partial charge >= 0.3 is 0 Å². The first-order valence-electron chi connectivity index (χ1n) is 5.34. The zero-order valence-electron chi connectivity index (χ0n) is 9.29. The summed E-state index contributed by atoms with van der Waals surface area (Å²) >= 11 is 0. The van der Waals surface area contributed by atoms with Gasteiger partial charge in [0.1, 0.15) is 5.82 Å². The number of rotatable bonds is 2. The summed E-state index contributed by atoms with van der Waals surface area (Å²) in [7, 11) is 0. The second kappa shape index (κ2) is 4.25. The number of aromatic nitrogens is 5. The van der Waals surface area contributed by atoms with E-state index in [4.69, 9.17) is 0 Å². The highest BCUT2D eigenvalue weighted by Gasteiger charge is 2.13. The van der Waals surface area contributed by atoms with Gasteiger partial charge in [-0.25, -0.2) is 4.98 Å². The van der Waals surface area contributed by atoms with Crippen LogP contribution in [0.15, 0.2) is 48.0 Å². The van der Waals surface area contributed by atoms with Crippen LogP contribution in [0.1, 0.15) is 0 Å². The highest BCUT2D eigenvalue weighted by molar-refractivity contribution is 5.77. The Kier molecular flexibility index (Phi) is 2.45. The van der Waals surface area contributed by atoms with Gasteiger partial charge in [0.2, 0.25) is 0 Å². The van der Waals surface area contributed by atoms with E-state index in [-0.39, 0.29) is 5.56 Å². The number of imidazole rings is 1. The van der Waals surface area contributed by atoms with Crippen LogP contribution in [0.4, 0.5) is 0 Å². The lowest BCUT2D eigenvalue weighted by molar-refractivity contribution is 1.16. The third-order valence-electron chi connectivity index (χ3n) is 2.53. The van der Waals surface area contributed by atoms with E-state index in [1.165, 1.54) is 0 Å². The van der Waals surface area contributed by atoms with E-state index in [1.807, 2.05) is 0 Å². The van der Waals surface area contributed by atoms with Gasteiger partial charge in [0.15, 0.2) is 0 Å². The van der Waals surface area contributed by atoms with E-state index in [0.717, 1.165) is 0 Å². The Morgan fingerprint density at radius 2 is 1.94 bits per heavy atom. The molecule has 3 heterocycles. The summed E-state index contributed by atoms with van der Waals surface area (Å²) in [5.41, 5.74) is 1.46. The van der Waals surface area contributed by atoms with Crippen molar-refractivity contribution in [3.05, 3.63) is 53.6 Å². The topological polar surface area (TPSA) is 87.3 Å². The van der Waals surface area contributed by atoms with Crippen LogP contribution < -0.4 is 5.56 Å². The van der Waals surface area contributed by atoms with Crippen molar-refractivity contribution in [1.29, 1.82) is 0 Å². The summed E-state index contributed by atoms with van der Waals surface area (Å²) < 4.78 is 0. The number of pyridine rings is 1. The van der Waals surface area contributed by atoms with Crippen LogP contribution in [0.3, 0.4) is 0 Å². The summed E-state index contributed by atoms with van der Waals surface area (Å²) in [5, 5.41) is 0. The third kappa shape index (κ3) is 1.69. The zero-order chi connectivity index (χ0) is 12.4. The summed E-state index contributed by atoms with van der Waals surface area (Å²) in [6.45, 7) is 0. The molecule has 0 saturated carbocycles. The van der Waals surface area contributed by atoms with E-state index in [9.17, 15) is 4.79 Å². The van der Waals surface area contributed by atoms with Crippen LogP contribution in [-0.2, 0) is 0 Å². The summed E-state index contributed by atoms with van der Waals surface area (Å²) in [6.07, 6.45) is 9.59. The smallest absolute Gasteiger partial charge is 0.258 e. The number of H-pyrrole nitrogens is 2. The molecule has 0 aromatic carbocycles. The van der Waals surface area contributed by atoms with Gasteiger partial charge in [0, 0.05) is 36.5 Å². The Hall–Kier alpha value is -2.76. The van der Waals surface area contributed by atoms with Crippen molar-refractivity contribution < 1.29 is 0 Å². The molecule has 3 aromatic heterocycles. The molecule has 6 heteroatoms. The average molecular weight is 239 g/mol. The van der Waals surface area contributed by atoms with Gasteiger partial charge in [0.05, 0.1) is 17.5 Å². The van der Waals surface area contributed by atoms with Crippen molar-refractivity contribution in [3.8, 4) is 22.6 Å². The molecule has 18 heavy (non-hydrogen) atoms. The van der Waals surface area contributed by atoms with E-state index in [1.54, 1.807) is 43.2 Å². The lowest BCUT2D eigenvalue weighted by atomic mass is 10.1. The Labute approximate surface area is 102 Å². The van der Waals surface area contributed by atoms with Gasteiger partial charge in [-0.3, -0.25) is 14.8 Å². The van der Waals surface area contributed by atoms with E-state index in [2.05, 4.69) is 24.9 Å². The number of hydrogen-bond donors (Lipinski definition) is 2. The number of hydrogen-bond acceptors (Lipinski definition) is 4. The maximum absolute atomic E-state index is 12.0. The first kappa shape index (κ1) is 10.4. The van der Waals surface area contributed by atoms with Crippen molar-refractivity contribution in [1.82, 2.24) is 24.9 Å². The molecule has 3 aromatic rings. The average Bonchev–Trinajstić information content (AvgIpc) is 2.93. The van der Waals surface area contributed by atoms with Gasteiger partial charge in [-0.05, 0) is 6.07 Å². The molecule has 0 saturated heterocycles. The molecule has 0 bridgehead atoms. The Bertz CT molecular complexity index is 703. The quantitative estimate of drug-likeness (QED) is 0.703. The van der Waals surface area contributed by atoms with Gasteiger partial charge in [-0.1, -0.05) is 0 Å². The summed E-state index contributed by atoms with van der Waals surface area (Å²) in [6, 6.07) is 1.78. The lowest BCUT2D eigenvalue weighted by Crippen LogP contribution is -2.10. The molecule has 0 radical (unpaired) electrons. The highest BCUT2D eigenvalue weighted by atomic mass is 16.1. The largest absolute Gasteiger partial charge is 0.345 e. The molecule has 0 aliphatic rings. The standard InChI is InChI=1S/C12H9N5O/c18-12-10(9-7-13-3-4-14-9)8(1-2-17-12)11-15-5-6-16-11/h1-7H,(H,15,16)(H,17,18). The normalized spacial score (nSPS) is 10.4. The van der Waals surface area contributed by atoms with Crippen molar-refractivity contribution in [3.63, 3.8) is 0 Å². The molecule has 0 unspecified atom stereocenters. The van der Waals surface area contributed by atoms with Crippen LogP contribution >= 0.6 is 0 Å². The van der Waals surface area contributed by atoms with Gasteiger partial charge in [-0.2, -0.15) is 0 Å². The van der Waals surface area contributed by atoms with E-state index >= 15 is 0 Å². The summed E-state index contributed by atoms with van der Waals surface area (Å²) in [5.74, 6) is 0.627. The zero-order valence-corrected chi connectivity index (χ0v) is 9.29. The monoisotopic (exact) mass is 239 g/mol. The second-order valence-corrected chi connectivity index (χ2v) is 3.62. The number of aromatic amines is 2. The van der Waals surface area contributed by atoms with Crippen LogP contribution in [0.5, 0.6) is 0 Å². The molecule has 2 N–H and O–H groups in total. The van der Waals surface area contributed by atoms with Crippen molar-refractivity contribution in [2.45, 2.75) is 0 Å². The Morgan fingerprint density at radius 3 is 2.67 bits per heavy atom. The molecule has 0 atom stereocenters. The molecule has 0 amide bonds. The van der Waals surface area contributed by atoms with E-state index in [0.29, 0.717) is 22.6 Å². The molecule has 0 fully saturated rings. The maximum atomic E-state index is 12.0. The predicted octanol–water partition coefficient (Wildman–Crippen LogP) is 1.22. The fraction of sp³-hybridized carbons (Fsp3) is 0. The Balaban J connectivity index is 2.29. The molecular formula is C12H9N5O.